The maximum Gasteiger partial charge on any atom is 0.255 e. The molecule has 0 aliphatic carbocycles. The van der Waals surface area contributed by atoms with Crippen LogP contribution in [0.25, 0.3) is 0 Å². The number of ketones is 1. The molecule has 4 heteroatoms. The van der Waals surface area contributed by atoms with Gasteiger partial charge in [0.2, 0.25) is 0 Å². The molecule has 2 aromatic carbocycles. The Morgan fingerprint density at radius 2 is 1.52 bits per heavy atom. The number of rotatable bonds is 7. The summed E-state index contributed by atoms with van der Waals surface area (Å²) in [6, 6.07) is 18.1. The van der Waals surface area contributed by atoms with E-state index < -0.39 is 5.91 Å². The number of allylic oxidation sites excluding steroid dienone is 2. The van der Waals surface area contributed by atoms with Crippen molar-refractivity contribution in [1.29, 1.82) is 0 Å². The molecule has 2 rings (SSSR count). The Morgan fingerprint density at radius 3 is 2.13 bits per heavy atom. The number of amides is 1. The molecule has 2 aromatic rings. The summed E-state index contributed by atoms with van der Waals surface area (Å²) in [5, 5.41) is 2.45. The molecule has 1 N–H and O–H groups in total. The van der Waals surface area contributed by atoms with Gasteiger partial charge in [0.1, 0.15) is 0 Å². The molecule has 23 heavy (non-hydrogen) atoms. The number of nitrogens with one attached hydrogen (secondary N) is 1. The van der Waals surface area contributed by atoms with Gasteiger partial charge in [0.25, 0.3) is 5.91 Å². The van der Waals surface area contributed by atoms with Gasteiger partial charge in [-0.05, 0) is 24.1 Å². The van der Waals surface area contributed by atoms with Crippen molar-refractivity contribution in [2.24, 2.45) is 0 Å². The molecule has 0 fully saturated rings. The average Bonchev–Trinajstić information content (AvgIpc) is 2.61. The fourth-order valence-electron chi connectivity index (χ4n) is 2.05. The number of carbonyl (C=O) groups is 3. The van der Waals surface area contributed by atoms with E-state index in [-0.39, 0.29) is 17.9 Å². The minimum Gasteiger partial charge on any atom is -0.319 e. The summed E-state index contributed by atoms with van der Waals surface area (Å²) in [6.07, 6.45) is 2.52. The highest BCUT2D eigenvalue weighted by atomic mass is 16.2. The first-order valence-corrected chi connectivity index (χ1v) is 7.29. The topological polar surface area (TPSA) is 63.2 Å². The molecule has 0 spiro atoms. The predicted molar refractivity (Wildman–Crippen MR) is 87.8 cm³/mol. The maximum atomic E-state index is 12.0. The molecule has 0 aromatic heterocycles. The Hall–Kier alpha value is -3.01. The molecule has 0 aliphatic heterocycles. The van der Waals surface area contributed by atoms with Crippen LogP contribution in [0, 0.1) is 0 Å². The van der Waals surface area contributed by atoms with Crippen LogP contribution in [0.15, 0.2) is 72.4 Å². The van der Waals surface area contributed by atoms with E-state index >= 15 is 0 Å². The Morgan fingerprint density at radius 1 is 0.913 bits per heavy atom. The van der Waals surface area contributed by atoms with Crippen LogP contribution in [0.3, 0.4) is 0 Å². The van der Waals surface area contributed by atoms with Crippen molar-refractivity contribution < 1.29 is 14.4 Å². The molecule has 4 nitrogen and oxygen atoms in total. The zero-order valence-corrected chi connectivity index (χ0v) is 12.6. The molecule has 0 unspecified atom stereocenters. The lowest BCUT2D eigenvalue weighted by Gasteiger charge is -2.04. The number of aldehydes is 1. The number of carbonyl (C=O) groups excluding carboxylic acids is 3. The van der Waals surface area contributed by atoms with E-state index in [9.17, 15) is 14.4 Å². The molecule has 0 radical (unpaired) electrons. The Labute approximate surface area is 134 Å². The van der Waals surface area contributed by atoms with Gasteiger partial charge in [0.05, 0.1) is 5.70 Å². The third kappa shape index (κ3) is 5.36. The second-order valence-electron chi connectivity index (χ2n) is 4.99. The van der Waals surface area contributed by atoms with Gasteiger partial charge in [-0.1, -0.05) is 48.5 Å². The highest BCUT2D eigenvalue weighted by Gasteiger charge is 2.08. The standard InChI is InChI=1S/C19H17NO3/c21-14-17(20-19(23)16-9-5-2-6-10-16)13-18(22)12-11-15-7-3-1-4-8-15/h1-10,13-14H,11-12H2,(H,20,23)/b17-13+. The lowest BCUT2D eigenvalue weighted by Crippen LogP contribution is -2.24. The second-order valence-corrected chi connectivity index (χ2v) is 4.99. The molecule has 0 heterocycles. The van der Waals surface area contributed by atoms with E-state index in [1.807, 2.05) is 30.3 Å². The van der Waals surface area contributed by atoms with Gasteiger partial charge >= 0.3 is 0 Å². The van der Waals surface area contributed by atoms with Crippen molar-refractivity contribution in [2.45, 2.75) is 12.8 Å². The van der Waals surface area contributed by atoms with Crippen LogP contribution >= 0.6 is 0 Å². The van der Waals surface area contributed by atoms with E-state index in [2.05, 4.69) is 5.32 Å². The van der Waals surface area contributed by atoms with Crippen LogP contribution in [0.5, 0.6) is 0 Å². The summed E-state index contributed by atoms with van der Waals surface area (Å²) in [7, 11) is 0. The molecule has 0 saturated heterocycles. The van der Waals surface area contributed by atoms with E-state index in [4.69, 9.17) is 0 Å². The molecule has 0 atom stereocenters. The van der Waals surface area contributed by atoms with Gasteiger partial charge in [0.15, 0.2) is 12.1 Å². The van der Waals surface area contributed by atoms with Gasteiger partial charge < -0.3 is 5.32 Å². The molecule has 0 aliphatic rings. The highest BCUT2D eigenvalue weighted by molar-refractivity contribution is 6.01. The minimum absolute atomic E-state index is 0.0306. The molecular formula is C19H17NO3. The monoisotopic (exact) mass is 307 g/mol. The van der Waals surface area contributed by atoms with E-state index in [1.165, 1.54) is 6.08 Å². The number of aryl methyl sites for hydroxylation is 1. The van der Waals surface area contributed by atoms with E-state index in [0.29, 0.717) is 18.3 Å². The maximum absolute atomic E-state index is 12.0. The molecular weight excluding hydrogens is 290 g/mol. The molecule has 0 saturated carbocycles. The van der Waals surface area contributed by atoms with E-state index in [0.717, 1.165) is 5.56 Å². The van der Waals surface area contributed by atoms with Gasteiger partial charge in [-0.2, -0.15) is 0 Å². The summed E-state index contributed by atoms with van der Waals surface area (Å²) in [4.78, 5) is 34.9. The first-order valence-electron chi connectivity index (χ1n) is 7.29. The van der Waals surface area contributed by atoms with Crippen molar-refractivity contribution >= 4 is 18.0 Å². The molecule has 0 bridgehead atoms. The largest absolute Gasteiger partial charge is 0.319 e. The Kier molecular flexibility index (Phi) is 6.00. The second kappa shape index (κ2) is 8.44. The highest BCUT2D eigenvalue weighted by Crippen LogP contribution is 2.04. The van der Waals surface area contributed by atoms with Gasteiger partial charge in [-0.3, -0.25) is 14.4 Å². The third-order valence-electron chi connectivity index (χ3n) is 3.24. The predicted octanol–water partition coefficient (Wildman–Crippen LogP) is 2.70. The fourth-order valence-corrected chi connectivity index (χ4v) is 2.05. The van der Waals surface area contributed by atoms with Crippen molar-refractivity contribution in [2.75, 3.05) is 0 Å². The zero-order valence-electron chi connectivity index (χ0n) is 12.6. The average molecular weight is 307 g/mol. The van der Waals surface area contributed by atoms with Crippen molar-refractivity contribution in [3.8, 4) is 0 Å². The van der Waals surface area contributed by atoms with Crippen LogP contribution < -0.4 is 5.32 Å². The third-order valence-corrected chi connectivity index (χ3v) is 3.24. The van der Waals surface area contributed by atoms with Crippen LogP contribution in [-0.2, 0) is 16.0 Å². The molecule has 116 valence electrons. The van der Waals surface area contributed by atoms with Gasteiger partial charge in [-0.25, -0.2) is 0 Å². The van der Waals surface area contributed by atoms with Crippen molar-refractivity contribution in [3.05, 3.63) is 83.6 Å². The summed E-state index contributed by atoms with van der Waals surface area (Å²) in [6.45, 7) is 0. The van der Waals surface area contributed by atoms with Gasteiger partial charge in [-0.15, -0.1) is 0 Å². The molecule has 1 amide bonds. The normalized spacial score (nSPS) is 10.9. The first-order chi connectivity index (χ1) is 11.2. The van der Waals surface area contributed by atoms with Crippen LogP contribution in [0.4, 0.5) is 0 Å². The van der Waals surface area contributed by atoms with Crippen molar-refractivity contribution in [1.82, 2.24) is 5.32 Å². The number of hydrogen-bond acceptors (Lipinski definition) is 3. The quantitative estimate of drug-likeness (QED) is 0.632. The van der Waals surface area contributed by atoms with Crippen LogP contribution in [-0.4, -0.2) is 18.0 Å². The Balaban J connectivity index is 1.94. The summed E-state index contributed by atoms with van der Waals surface area (Å²) < 4.78 is 0. The van der Waals surface area contributed by atoms with Crippen molar-refractivity contribution in [3.63, 3.8) is 0 Å². The fraction of sp³-hybridized carbons (Fsp3) is 0.105. The zero-order chi connectivity index (χ0) is 16.5. The summed E-state index contributed by atoms with van der Waals surface area (Å²) in [5.74, 6) is -0.621. The SMILES string of the molecule is O=C/C(=C\C(=O)CCc1ccccc1)NC(=O)c1ccccc1. The number of benzene rings is 2. The Bertz CT molecular complexity index is 706. The van der Waals surface area contributed by atoms with Crippen LogP contribution in [0.1, 0.15) is 22.3 Å². The summed E-state index contributed by atoms with van der Waals surface area (Å²) >= 11 is 0. The smallest absolute Gasteiger partial charge is 0.255 e. The minimum atomic E-state index is -0.417. The van der Waals surface area contributed by atoms with E-state index in [1.54, 1.807) is 30.3 Å². The van der Waals surface area contributed by atoms with Crippen LogP contribution in [0.2, 0.25) is 0 Å². The first kappa shape index (κ1) is 16.4. The number of hydrogen-bond donors (Lipinski definition) is 1. The summed E-state index contributed by atoms with van der Waals surface area (Å²) in [5.41, 5.74) is 1.45. The lowest BCUT2D eigenvalue weighted by molar-refractivity contribution is -0.115. The van der Waals surface area contributed by atoms with Gasteiger partial charge in [0, 0.05) is 18.1 Å². The lowest BCUT2D eigenvalue weighted by atomic mass is 10.1.